The lowest BCUT2D eigenvalue weighted by molar-refractivity contribution is 0.102. The number of anilines is 1. The molecule has 0 aliphatic carbocycles. The van der Waals surface area contributed by atoms with Gasteiger partial charge in [-0.25, -0.2) is 0 Å². The van der Waals surface area contributed by atoms with Crippen LogP contribution in [0.25, 0.3) is 0 Å². The number of carbonyl (C=O) groups excluding carboxylic acids is 1. The normalized spacial score (nSPS) is 10.2. The van der Waals surface area contributed by atoms with Gasteiger partial charge in [0.2, 0.25) is 0 Å². The molecule has 0 saturated heterocycles. The van der Waals surface area contributed by atoms with Gasteiger partial charge >= 0.3 is 0 Å². The van der Waals surface area contributed by atoms with Crippen molar-refractivity contribution in [2.24, 2.45) is 0 Å². The van der Waals surface area contributed by atoms with E-state index in [1.807, 2.05) is 0 Å². The van der Waals surface area contributed by atoms with Crippen molar-refractivity contribution in [2.45, 2.75) is 0 Å². The third-order valence-corrected chi connectivity index (χ3v) is 3.43. The van der Waals surface area contributed by atoms with Gasteiger partial charge in [-0.3, -0.25) is 4.79 Å². The number of rotatable bonds is 2. The number of halogens is 3. The van der Waals surface area contributed by atoms with Crippen LogP contribution in [0.15, 0.2) is 46.9 Å². The number of hydrogen-bond donors (Lipinski definition) is 1. The van der Waals surface area contributed by atoms with Crippen LogP contribution in [-0.4, -0.2) is 5.91 Å². The average Bonchev–Trinajstić information content (AvgIpc) is 2.34. The maximum atomic E-state index is 12.0. The average molecular weight is 345 g/mol. The highest BCUT2D eigenvalue weighted by atomic mass is 79.9. The maximum Gasteiger partial charge on any atom is 0.255 e. The van der Waals surface area contributed by atoms with E-state index in [2.05, 4.69) is 21.2 Å². The van der Waals surface area contributed by atoms with Crippen LogP contribution >= 0.6 is 39.1 Å². The van der Waals surface area contributed by atoms with E-state index in [1.54, 1.807) is 42.5 Å². The van der Waals surface area contributed by atoms with Gasteiger partial charge in [-0.05, 0) is 52.3 Å². The van der Waals surface area contributed by atoms with Crippen molar-refractivity contribution in [1.29, 1.82) is 0 Å². The summed E-state index contributed by atoms with van der Waals surface area (Å²) in [6.07, 6.45) is 0. The molecule has 0 bridgehead atoms. The lowest BCUT2D eigenvalue weighted by atomic mass is 10.2. The highest BCUT2D eigenvalue weighted by Crippen LogP contribution is 2.26. The van der Waals surface area contributed by atoms with E-state index in [0.717, 1.165) is 4.47 Å². The summed E-state index contributed by atoms with van der Waals surface area (Å²) < 4.78 is 0.766. The van der Waals surface area contributed by atoms with Crippen molar-refractivity contribution in [3.8, 4) is 0 Å². The summed E-state index contributed by atoms with van der Waals surface area (Å²) in [5, 5.41) is 3.84. The van der Waals surface area contributed by atoms with E-state index >= 15 is 0 Å². The zero-order valence-corrected chi connectivity index (χ0v) is 12.2. The number of carbonyl (C=O) groups is 1. The molecule has 0 spiro atoms. The van der Waals surface area contributed by atoms with Gasteiger partial charge in [-0.15, -0.1) is 0 Å². The van der Waals surface area contributed by atoms with E-state index in [1.165, 1.54) is 0 Å². The molecule has 0 unspecified atom stereocenters. The Balaban J connectivity index is 2.24. The van der Waals surface area contributed by atoms with Crippen molar-refractivity contribution in [3.05, 3.63) is 62.5 Å². The molecule has 0 radical (unpaired) electrons. The van der Waals surface area contributed by atoms with Crippen LogP contribution in [0.4, 0.5) is 5.69 Å². The fraction of sp³-hybridized carbons (Fsp3) is 0. The summed E-state index contributed by atoms with van der Waals surface area (Å²) >= 11 is 15.1. The zero-order valence-electron chi connectivity index (χ0n) is 9.08. The molecule has 0 aliphatic rings. The van der Waals surface area contributed by atoms with Crippen molar-refractivity contribution in [3.63, 3.8) is 0 Å². The van der Waals surface area contributed by atoms with Gasteiger partial charge in [0.15, 0.2) is 0 Å². The van der Waals surface area contributed by atoms with Gasteiger partial charge in [-0.2, -0.15) is 0 Å². The SMILES string of the molecule is O=C(Nc1cc(Cl)ccc1Br)c1cccc(Cl)c1. The second-order valence-electron chi connectivity index (χ2n) is 3.59. The molecule has 2 rings (SSSR count). The van der Waals surface area contributed by atoms with Gasteiger partial charge in [-0.1, -0.05) is 29.3 Å². The van der Waals surface area contributed by atoms with Crippen molar-refractivity contribution in [2.75, 3.05) is 5.32 Å². The van der Waals surface area contributed by atoms with Crippen molar-refractivity contribution >= 4 is 50.7 Å². The molecule has 18 heavy (non-hydrogen) atoms. The standard InChI is InChI=1S/C13H8BrCl2NO/c14-11-5-4-10(16)7-12(11)17-13(18)8-2-1-3-9(15)6-8/h1-7H,(H,17,18). The lowest BCUT2D eigenvalue weighted by Gasteiger charge is -2.08. The maximum absolute atomic E-state index is 12.0. The van der Waals surface area contributed by atoms with Crippen LogP contribution in [0.5, 0.6) is 0 Å². The predicted octanol–water partition coefficient (Wildman–Crippen LogP) is 5.01. The molecular weight excluding hydrogens is 337 g/mol. The molecular formula is C13H8BrCl2NO. The van der Waals surface area contributed by atoms with Crippen LogP contribution in [0.2, 0.25) is 10.0 Å². The first-order valence-electron chi connectivity index (χ1n) is 5.08. The Hall–Kier alpha value is -1.03. The molecule has 5 heteroatoms. The van der Waals surface area contributed by atoms with Gasteiger partial charge < -0.3 is 5.32 Å². The number of amides is 1. The van der Waals surface area contributed by atoms with Gasteiger partial charge in [0, 0.05) is 20.1 Å². The number of hydrogen-bond acceptors (Lipinski definition) is 1. The first kappa shape index (κ1) is 13.4. The Morgan fingerprint density at radius 3 is 2.50 bits per heavy atom. The fourth-order valence-electron chi connectivity index (χ4n) is 1.42. The highest BCUT2D eigenvalue weighted by molar-refractivity contribution is 9.10. The van der Waals surface area contributed by atoms with Crippen molar-refractivity contribution in [1.82, 2.24) is 0 Å². The lowest BCUT2D eigenvalue weighted by Crippen LogP contribution is -2.12. The summed E-state index contributed by atoms with van der Waals surface area (Å²) in [6, 6.07) is 11.9. The predicted molar refractivity (Wildman–Crippen MR) is 78.6 cm³/mol. The minimum absolute atomic E-state index is 0.236. The molecule has 2 aromatic rings. The van der Waals surface area contributed by atoms with E-state index in [9.17, 15) is 4.79 Å². The summed E-state index contributed by atoms with van der Waals surface area (Å²) in [6.45, 7) is 0. The van der Waals surface area contributed by atoms with Gasteiger partial charge in [0.05, 0.1) is 5.69 Å². The van der Waals surface area contributed by atoms with Crippen molar-refractivity contribution < 1.29 is 4.79 Å². The molecule has 0 saturated carbocycles. The second-order valence-corrected chi connectivity index (χ2v) is 5.32. The van der Waals surface area contributed by atoms with E-state index in [4.69, 9.17) is 23.2 Å². The van der Waals surface area contributed by atoms with Crippen LogP contribution in [0.3, 0.4) is 0 Å². The molecule has 2 aromatic carbocycles. The Kier molecular flexibility index (Phi) is 4.27. The first-order valence-corrected chi connectivity index (χ1v) is 6.63. The van der Waals surface area contributed by atoms with Crippen LogP contribution in [0.1, 0.15) is 10.4 Å². The minimum atomic E-state index is -0.236. The zero-order chi connectivity index (χ0) is 13.1. The smallest absolute Gasteiger partial charge is 0.255 e. The van der Waals surface area contributed by atoms with Crippen LogP contribution in [-0.2, 0) is 0 Å². The van der Waals surface area contributed by atoms with Gasteiger partial charge in [0.25, 0.3) is 5.91 Å². The van der Waals surface area contributed by atoms with E-state index in [0.29, 0.717) is 21.3 Å². The molecule has 1 N–H and O–H groups in total. The second kappa shape index (κ2) is 5.74. The Bertz CT molecular complexity index is 601. The fourth-order valence-corrected chi connectivity index (χ4v) is 2.13. The summed E-state index contributed by atoms with van der Waals surface area (Å²) in [5.74, 6) is -0.236. The van der Waals surface area contributed by atoms with E-state index in [-0.39, 0.29) is 5.91 Å². The molecule has 92 valence electrons. The summed E-state index contributed by atoms with van der Waals surface area (Å²) in [5.41, 5.74) is 1.11. The van der Waals surface area contributed by atoms with Gasteiger partial charge in [0.1, 0.15) is 0 Å². The number of nitrogens with one attached hydrogen (secondary N) is 1. The third kappa shape index (κ3) is 3.25. The summed E-state index contributed by atoms with van der Waals surface area (Å²) in [7, 11) is 0. The monoisotopic (exact) mass is 343 g/mol. The molecule has 0 aliphatic heterocycles. The minimum Gasteiger partial charge on any atom is -0.321 e. The molecule has 2 nitrogen and oxygen atoms in total. The molecule has 0 aromatic heterocycles. The Morgan fingerprint density at radius 2 is 1.78 bits per heavy atom. The third-order valence-electron chi connectivity index (χ3n) is 2.26. The quantitative estimate of drug-likeness (QED) is 0.815. The van der Waals surface area contributed by atoms with Crippen LogP contribution in [0, 0.1) is 0 Å². The number of benzene rings is 2. The van der Waals surface area contributed by atoms with E-state index < -0.39 is 0 Å². The molecule has 0 atom stereocenters. The Labute approximate surface area is 123 Å². The Morgan fingerprint density at radius 1 is 1.06 bits per heavy atom. The van der Waals surface area contributed by atoms with Crippen LogP contribution < -0.4 is 5.32 Å². The molecule has 1 amide bonds. The molecule has 0 fully saturated rings. The topological polar surface area (TPSA) is 29.1 Å². The molecule has 0 heterocycles. The summed E-state index contributed by atoms with van der Waals surface area (Å²) in [4.78, 5) is 12.0. The largest absolute Gasteiger partial charge is 0.321 e. The first-order chi connectivity index (χ1) is 8.56. The highest BCUT2D eigenvalue weighted by Gasteiger charge is 2.09.